The van der Waals surface area contributed by atoms with Crippen LogP contribution in [0.5, 0.6) is 0 Å². The van der Waals surface area contributed by atoms with Gasteiger partial charge < -0.3 is 0 Å². The van der Waals surface area contributed by atoms with Crippen LogP contribution in [0.3, 0.4) is 0 Å². The van der Waals surface area contributed by atoms with E-state index in [4.69, 9.17) is 0 Å². The summed E-state index contributed by atoms with van der Waals surface area (Å²) >= 11 is 0. The van der Waals surface area contributed by atoms with Gasteiger partial charge in [0.1, 0.15) is 0 Å². The molecule has 0 heterocycles. The van der Waals surface area contributed by atoms with E-state index in [0.29, 0.717) is 0 Å². The molecule has 1 heteroatoms. The highest BCUT2D eigenvalue weighted by molar-refractivity contribution is 4.92. The lowest BCUT2D eigenvalue weighted by atomic mass is 10.1. The van der Waals surface area contributed by atoms with Gasteiger partial charge in [-0.1, -0.05) is 69.8 Å². The summed E-state index contributed by atoms with van der Waals surface area (Å²) in [5.74, 6) is 0. The summed E-state index contributed by atoms with van der Waals surface area (Å²) in [4.78, 5) is 0. The molecular formula is C18H33F. The first-order chi connectivity index (χ1) is 9.41. The van der Waals surface area contributed by atoms with Gasteiger partial charge in [-0.25, -0.2) is 0 Å². The lowest BCUT2D eigenvalue weighted by molar-refractivity contribution is 0.450. The van der Waals surface area contributed by atoms with Crippen LogP contribution in [0.15, 0.2) is 24.3 Å². The van der Waals surface area contributed by atoms with Gasteiger partial charge in [0.2, 0.25) is 0 Å². The topological polar surface area (TPSA) is 0 Å². The predicted molar refractivity (Wildman–Crippen MR) is 85.3 cm³/mol. The van der Waals surface area contributed by atoms with Crippen molar-refractivity contribution < 1.29 is 4.39 Å². The molecule has 0 nitrogen and oxygen atoms in total. The zero-order valence-corrected chi connectivity index (χ0v) is 12.9. The Bertz CT molecular complexity index is 206. The molecule has 112 valence electrons. The smallest absolute Gasteiger partial charge is 0.0894 e. The fourth-order valence-corrected chi connectivity index (χ4v) is 2.08. The van der Waals surface area contributed by atoms with Crippen LogP contribution in [0.25, 0.3) is 0 Å². The summed E-state index contributed by atoms with van der Waals surface area (Å²) in [6.45, 7) is 2.10. The number of halogens is 1. The summed E-state index contributed by atoms with van der Waals surface area (Å²) in [5.41, 5.74) is 0. The van der Waals surface area contributed by atoms with Crippen molar-refractivity contribution in [3.63, 3.8) is 0 Å². The largest absolute Gasteiger partial charge is 0.251 e. The Morgan fingerprint density at radius 3 is 1.74 bits per heavy atom. The lowest BCUT2D eigenvalue weighted by Gasteiger charge is -1.98. The van der Waals surface area contributed by atoms with Crippen LogP contribution < -0.4 is 0 Å². The molecule has 0 amide bonds. The van der Waals surface area contributed by atoms with Crippen molar-refractivity contribution in [2.24, 2.45) is 0 Å². The van der Waals surface area contributed by atoms with E-state index in [-0.39, 0.29) is 6.67 Å². The quantitative estimate of drug-likeness (QED) is 0.241. The standard InChI is InChI=1S/C18H33F/c1-2-3-4-5-6-7-8-9-10-11-12-13-14-15-16-17-18-19/h6-7,9-10H,2-5,8,11-18H2,1H3. The van der Waals surface area contributed by atoms with Crippen molar-refractivity contribution in [3.8, 4) is 0 Å². The van der Waals surface area contributed by atoms with Crippen molar-refractivity contribution in [2.75, 3.05) is 6.67 Å². The van der Waals surface area contributed by atoms with E-state index in [2.05, 4.69) is 31.2 Å². The van der Waals surface area contributed by atoms with Crippen molar-refractivity contribution in [1.82, 2.24) is 0 Å². The number of unbranched alkanes of at least 4 members (excludes halogenated alkanes) is 9. The monoisotopic (exact) mass is 268 g/mol. The van der Waals surface area contributed by atoms with E-state index in [1.807, 2.05) is 0 Å². The maximum Gasteiger partial charge on any atom is 0.0894 e. The first kappa shape index (κ1) is 18.4. The molecule has 0 aliphatic rings. The van der Waals surface area contributed by atoms with Crippen molar-refractivity contribution >= 4 is 0 Å². The molecule has 0 aromatic rings. The van der Waals surface area contributed by atoms with Crippen LogP contribution in [-0.2, 0) is 0 Å². The molecule has 0 aliphatic heterocycles. The van der Waals surface area contributed by atoms with Gasteiger partial charge in [-0.3, -0.25) is 4.39 Å². The molecule has 0 aromatic heterocycles. The predicted octanol–water partition coefficient (Wildman–Crippen LogP) is 6.77. The number of allylic oxidation sites excluding steroid dienone is 4. The van der Waals surface area contributed by atoms with Crippen LogP contribution in [0.1, 0.15) is 84.0 Å². The van der Waals surface area contributed by atoms with E-state index in [9.17, 15) is 4.39 Å². The second-order valence-electron chi connectivity index (χ2n) is 5.27. The van der Waals surface area contributed by atoms with Gasteiger partial charge in [0, 0.05) is 0 Å². The highest BCUT2D eigenvalue weighted by atomic mass is 19.1. The third-order valence-electron chi connectivity index (χ3n) is 3.33. The minimum atomic E-state index is -0.144. The van der Waals surface area contributed by atoms with Crippen molar-refractivity contribution in [1.29, 1.82) is 0 Å². The average Bonchev–Trinajstić information content (AvgIpc) is 2.43. The highest BCUT2D eigenvalue weighted by Gasteiger charge is 1.89. The summed E-state index contributed by atoms with van der Waals surface area (Å²) in [6.07, 6.45) is 23.6. The van der Waals surface area contributed by atoms with Gasteiger partial charge in [0.15, 0.2) is 0 Å². The maximum atomic E-state index is 11.8. The Kier molecular flexibility index (Phi) is 16.9. The van der Waals surface area contributed by atoms with Gasteiger partial charge in [-0.2, -0.15) is 0 Å². The van der Waals surface area contributed by atoms with Gasteiger partial charge in [-0.05, 0) is 38.5 Å². The van der Waals surface area contributed by atoms with Crippen molar-refractivity contribution in [2.45, 2.75) is 84.0 Å². The molecule has 0 fully saturated rings. The molecule has 0 bridgehead atoms. The van der Waals surface area contributed by atoms with E-state index in [0.717, 1.165) is 19.3 Å². The second kappa shape index (κ2) is 17.4. The van der Waals surface area contributed by atoms with E-state index < -0.39 is 0 Å². The van der Waals surface area contributed by atoms with Gasteiger partial charge in [0.25, 0.3) is 0 Å². The Morgan fingerprint density at radius 1 is 0.632 bits per heavy atom. The Hall–Kier alpha value is -0.590. The molecule has 0 aliphatic carbocycles. The Morgan fingerprint density at radius 2 is 1.16 bits per heavy atom. The van der Waals surface area contributed by atoms with Gasteiger partial charge in [-0.15, -0.1) is 0 Å². The molecule has 0 aromatic carbocycles. The molecule has 0 unspecified atom stereocenters. The molecule has 0 spiro atoms. The Balaban J connectivity index is 3.12. The third-order valence-corrected chi connectivity index (χ3v) is 3.33. The molecule has 0 atom stereocenters. The van der Waals surface area contributed by atoms with Crippen LogP contribution in [0.4, 0.5) is 4.39 Å². The average molecular weight is 268 g/mol. The minimum Gasteiger partial charge on any atom is -0.251 e. The number of rotatable bonds is 14. The molecule has 0 rings (SSSR count). The van der Waals surface area contributed by atoms with Crippen LogP contribution >= 0.6 is 0 Å². The van der Waals surface area contributed by atoms with E-state index >= 15 is 0 Å². The van der Waals surface area contributed by atoms with Crippen LogP contribution in [0.2, 0.25) is 0 Å². The van der Waals surface area contributed by atoms with Crippen LogP contribution in [-0.4, -0.2) is 6.67 Å². The maximum absolute atomic E-state index is 11.8. The van der Waals surface area contributed by atoms with E-state index in [1.165, 1.54) is 57.8 Å². The summed E-state index contributed by atoms with van der Waals surface area (Å²) in [7, 11) is 0. The van der Waals surface area contributed by atoms with Crippen LogP contribution in [0, 0.1) is 0 Å². The number of hydrogen-bond acceptors (Lipinski definition) is 0. The molecular weight excluding hydrogens is 235 g/mol. The number of hydrogen-bond donors (Lipinski definition) is 0. The second-order valence-corrected chi connectivity index (χ2v) is 5.27. The fourth-order valence-electron chi connectivity index (χ4n) is 2.08. The summed E-state index contributed by atoms with van der Waals surface area (Å²) in [6, 6.07) is 0. The summed E-state index contributed by atoms with van der Waals surface area (Å²) < 4.78 is 11.8. The molecule has 0 radical (unpaired) electrons. The number of alkyl halides is 1. The van der Waals surface area contributed by atoms with Crippen molar-refractivity contribution in [3.05, 3.63) is 24.3 Å². The molecule has 0 saturated carbocycles. The molecule has 0 N–H and O–H groups in total. The SMILES string of the molecule is CCCCCC=CCC=CCCCCCCCCF. The van der Waals surface area contributed by atoms with Gasteiger partial charge >= 0.3 is 0 Å². The first-order valence-corrected chi connectivity index (χ1v) is 8.27. The highest BCUT2D eigenvalue weighted by Crippen LogP contribution is 2.08. The minimum absolute atomic E-state index is 0.144. The lowest BCUT2D eigenvalue weighted by Crippen LogP contribution is -1.80. The zero-order valence-electron chi connectivity index (χ0n) is 12.9. The molecule has 0 saturated heterocycles. The summed E-state index contributed by atoms with van der Waals surface area (Å²) in [5, 5.41) is 0. The van der Waals surface area contributed by atoms with Gasteiger partial charge in [0.05, 0.1) is 6.67 Å². The Labute approximate surface area is 120 Å². The zero-order chi connectivity index (χ0) is 14.0. The third kappa shape index (κ3) is 17.4. The normalized spacial score (nSPS) is 11.9. The first-order valence-electron chi connectivity index (χ1n) is 8.27. The van der Waals surface area contributed by atoms with E-state index in [1.54, 1.807) is 0 Å². The molecule has 19 heavy (non-hydrogen) atoms. The fraction of sp³-hybridized carbons (Fsp3) is 0.778.